The van der Waals surface area contributed by atoms with Crippen LogP contribution < -0.4 is 5.23 Å². The van der Waals surface area contributed by atoms with E-state index in [0.717, 1.165) is 38.0 Å². The summed E-state index contributed by atoms with van der Waals surface area (Å²) in [6.45, 7) is 4.84. The van der Waals surface area contributed by atoms with Crippen LogP contribution in [0.25, 0.3) is 0 Å². The molecule has 0 saturated carbocycles. The van der Waals surface area contributed by atoms with Gasteiger partial charge in [-0.2, -0.15) is 0 Å². The SMILES string of the molecule is BN/C=C(\C=N)CN1CCC(C(=O)OCC)CC1. The summed E-state index contributed by atoms with van der Waals surface area (Å²) in [6, 6.07) is 0. The van der Waals surface area contributed by atoms with Crippen molar-refractivity contribution in [1.29, 1.82) is 5.41 Å². The maximum atomic E-state index is 11.6. The smallest absolute Gasteiger partial charge is 0.309 e. The summed E-state index contributed by atoms with van der Waals surface area (Å²) in [7, 11) is 1.83. The highest BCUT2D eigenvalue weighted by molar-refractivity contribution is 6.05. The average Bonchev–Trinajstić information content (AvgIpc) is 2.39. The zero-order valence-corrected chi connectivity index (χ0v) is 11.2. The van der Waals surface area contributed by atoms with Crippen molar-refractivity contribution in [3.05, 3.63) is 11.8 Å². The van der Waals surface area contributed by atoms with Crippen molar-refractivity contribution in [3.8, 4) is 0 Å². The number of piperidine rings is 1. The van der Waals surface area contributed by atoms with Crippen LogP contribution in [0, 0.1) is 11.3 Å². The van der Waals surface area contributed by atoms with Crippen molar-refractivity contribution >= 4 is 20.2 Å². The van der Waals surface area contributed by atoms with Gasteiger partial charge in [0, 0.05) is 12.8 Å². The number of nitrogens with zero attached hydrogens (tertiary/aromatic N) is 1. The average molecular weight is 251 g/mol. The highest BCUT2D eigenvalue weighted by Crippen LogP contribution is 2.19. The van der Waals surface area contributed by atoms with Crippen LogP contribution in [0.4, 0.5) is 0 Å². The Kier molecular flexibility index (Phi) is 6.50. The highest BCUT2D eigenvalue weighted by atomic mass is 16.5. The Balaban J connectivity index is 2.37. The Morgan fingerprint density at radius 1 is 1.56 bits per heavy atom. The minimum absolute atomic E-state index is 0.0536. The van der Waals surface area contributed by atoms with Crippen LogP contribution in [0.1, 0.15) is 19.8 Å². The fraction of sp³-hybridized carbons (Fsp3) is 0.667. The maximum Gasteiger partial charge on any atom is 0.309 e. The molecule has 5 nitrogen and oxygen atoms in total. The van der Waals surface area contributed by atoms with Gasteiger partial charge in [0.05, 0.1) is 12.5 Å². The molecule has 0 spiro atoms. The molecule has 0 amide bonds. The topological polar surface area (TPSA) is 65.4 Å². The molecule has 0 aromatic carbocycles. The molecular formula is C12H22BN3O2. The van der Waals surface area contributed by atoms with Crippen molar-refractivity contribution in [2.45, 2.75) is 19.8 Å². The summed E-state index contributed by atoms with van der Waals surface area (Å²) < 4.78 is 5.04. The molecule has 0 aliphatic carbocycles. The van der Waals surface area contributed by atoms with Crippen LogP contribution in [-0.2, 0) is 9.53 Å². The maximum absolute atomic E-state index is 11.6. The molecular weight excluding hydrogens is 229 g/mol. The number of ether oxygens (including phenoxy) is 1. The number of hydrogen-bond donors (Lipinski definition) is 2. The van der Waals surface area contributed by atoms with E-state index < -0.39 is 0 Å². The van der Waals surface area contributed by atoms with Crippen LogP contribution in [0.3, 0.4) is 0 Å². The van der Waals surface area contributed by atoms with Crippen LogP contribution >= 0.6 is 0 Å². The summed E-state index contributed by atoms with van der Waals surface area (Å²) in [5.41, 5.74) is 0.951. The number of esters is 1. The minimum atomic E-state index is -0.0600. The molecule has 100 valence electrons. The molecule has 18 heavy (non-hydrogen) atoms. The van der Waals surface area contributed by atoms with E-state index in [9.17, 15) is 4.79 Å². The van der Waals surface area contributed by atoms with Crippen LogP contribution in [0.5, 0.6) is 0 Å². The van der Waals surface area contributed by atoms with E-state index in [1.54, 1.807) is 0 Å². The van der Waals surface area contributed by atoms with Gasteiger partial charge in [-0.3, -0.25) is 9.69 Å². The largest absolute Gasteiger partial charge is 0.466 e. The van der Waals surface area contributed by atoms with Gasteiger partial charge in [0.1, 0.15) is 0 Å². The summed E-state index contributed by atoms with van der Waals surface area (Å²) in [5, 5.41) is 10.2. The minimum Gasteiger partial charge on any atom is -0.466 e. The van der Waals surface area contributed by atoms with Gasteiger partial charge < -0.3 is 15.4 Å². The Bertz CT molecular complexity index is 312. The lowest BCUT2D eigenvalue weighted by Crippen LogP contribution is -2.38. The molecule has 1 aliphatic heterocycles. The molecule has 2 N–H and O–H groups in total. The van der Waals surface area contributed by atoms with Gasteiger partial charge >= 0.3 is 5.97 Å². The molecule has 1 saturated heterocycles. The lowest BCUT2D eigenvalue weighted by molar-refractivity contribution is -0.149. The lowest BCUT2D eigenvalue weighted by Gasteiger charge is -2.30. The fourth-order valence-corrected chi connectivity index (χ4v) is 2.16. The first kappa shape index (κ1) is 14.8. The lowest BCUT2D eigenvalue weighted by atomic mass is 9.97. The second-order valence-corrected chi connectivity index (χ2v) is 4.45. The summed E-state index contributed by atoms with van der Waals surface area (Å²) in [6.07, 6.45) is 4.91. The number of hydrogen-bond acceptors (Lipinski definition) is 5. The highest BCUT2D eigenvalue weighted by Gasteiger charge is 2.25. The molecule has 1 fully saturated rings. The van der Waals surface area contributed by atoms with Crippen molar-refractivity contribution < 1.29 is 9.53 Å². The zero-order valence-electron chi connectivity index (χ0n) is 11.2. The van der Waals surface area contributed by atoms with Gasteiger partial charge in [0.2, 0.25) is 7.98 Å². The van der Waals surface area contributed by atoms with Crippen molar-refractivity contribution in [3.63, 3.8) is 0 Å². The van der Waals surface area contributed by atoms with Crippen molar-refractivity contribution in [1.82, 2.24) is 10.1 Å². The first-order valence-electron chi connectivity index (χ1n) is 6.47. The third-order valence-electron chi connectivity index (χ3n) is 3.13. The van der Waals surface area contributed by atoms with Gasteiger partial charge in [0.15, 0.2) is 0 Å². The molecule has 0 bridgehead atoms. The number of carbonyl (C=O) groups is 1. The van der Waals surface area contributed by atoms with E-state index >= 15 is 0 Å². The first-order chi connectivity index (χ1) is 8.71. The molecule has 6 heteroatoms. The van der Waals surface area contributed by atoms with Gasteiger partial charge in [-0.05, 0) is 44.6 Å². The van der Waals surface area contributed by atoms with Crippen molar-refractivity contribution in [2.75, 3.05) is 26.2 Å². The van der Waals surface area contributed by atoms with Crippen LogP contribution in [0.2, 0.25) is 0 Å². The van der Waals surface area contributed by atoms with E-state index in [-0.39, 0.29) is 11.9 Å². The predicted molar refractivity (Wildman–Crippen MR) is 74.3 cm³/mol. The van der Waals surface area contributed by atoms with Gasteiger partial charge in [-0.1, -0.05) is 0 Å². The predicted octanol–water partition coefficient (Wildman–Crippen LogP) is -0.0673. The monoisotopic (exact) mass is 251 g/mol. The molecule has 0 aromatic rings. The Labute approximate surface area is 110 Å². The van der Waals surface area contributed by atoms with E-state index in [1.165, 1.54) is 6.21 Å². The molecule has 0 aromatic heterocycles. The zero-order chi connectivity index (χ0) is 13.4. The molecule has 0 radical (unpaired) electrons. The third kappa shape index (κ3) is 4.53. The summed E-state index contributed by atoms with van der Waals surface area (Å²) in [5.74, 6) is -0.00638. The number of likely N-dealkylation sites (tertiary alicyclic amines) is 1. The number of carbonyl (C=O) groups excluding carboxylic acids is 1. The second-order valence-electron chi connectivity index (χ2n) is 4.45. The van der Waals surface area contributed by atoms with Crippen molar-refractivity contribution in [2.24, 2.45) is 5.92 Å². The molecule has 0 unspecified atom stereocenters. The number of rotatable bonds is 6. The third-order valence-corrected chi connectivity index (χ3v) is 3.13. The number of nitrogens with one attached hydrogen (secondary N) is 2. The van der Waals surface area contributed by atoms with Crippen LogP contribution in [0.15, 0.2) is 11.8 Å². The Morgan fingerprint density at radius 2 is 2.22 bits per heavy atom. The standard InChI is InChI=1S/C12H22BN3O2/c1-2-18-12(17)11-3-5-16(6-4-11)9-10(7-14)8-15-13/h7-8,11,14-15H,2-6,9,13H2,1H3/b10-8+,14-7?. The Hall–Kier alpha value is -1.30. The van der Waals surface area contributed by atoms with E-state index in [2.05, 4.69) is 10.1 Å². The molecule has 1 aliphatic rings. The molecule has 0 atom stereocenters. The van der Waals surface area contributed by atoms with E-state index in [4.69, 9.17) is 10.1 Å². The first-order valence-corrected chi connectivity index (χ1v) is 6.47. The van der Waals surface area contributed by atoms with Crippen LogP contribution in [-0.4, -0.2) is 51.3 Å². The molecule has 1 heterocycles. The van der Waals surface area contributed by atoms with E-state index in [1.807, 2.05) is 21.1 Å². The summed E-state index contributed by atoms with van der Waals surface area (Å²) in [4.78, 5) is 13.9. The normalized spacial score (nSPS) is 18.4. The van der Waals surface area contributed by atoms with Gasteiger partial charge in [-0.25, -0.2) is 0 Å². The van der Waals surface area contributed by atoms with Gasteiger partial charge in [-0.15, -0.1) is 0 Å². The van der Waals surface area contributed by atoms with Gasteiger partial charge in [0.25, 0.3) is 0 Å². The van der Waals surface area contributed by atoms with E-state index in [0.29, 0.717) is 6.61 Å². The fourth-order valence-electron chi connectivity index (χ4n) is 2.16. The summed E-state index contributed by atoms with van der Waals surface area (Å²) >= 11 is 0. The second kappa shape index (κ2) is 7.92. The quantitative estimate of drug-likeness (QED) is 0.394. The Morgan fingerprint density at radius 3 is 2.72 bits per heavy atom. The molecule has 1 rings (SSSR count).